The standard InChI is InChI=1S/C17H17N3O4/c1-10-15(11(2)24-19-10)18-14(21)8-5-9-20-16(22)12-6-3-4-7-13(12)17(20)23/h3-4,6-7H,5,8-9H2,1-2H3,(H,18,21). The van der Waals surface area contributed by atoms with Gasteiger partial charge in [-0.3, -0.25) is 19.3 Å². The van der Waals surface area contributed by atoms with Crippen LogP contribution in [0.2, 0.25) is 0 Å². The van der Waals surface area contributed by atoms with E-state index in [1.165, 1.54) is 4.90 Å². The lowest BCUT2D eigenvalue weighted by Crippen LogP contribution is -2.31. The van der Waals surface area contributed by atoms with Crippen molar-refractivity contribution in [3.05, 3.63) is 46.8 Å². The van der Waals surface area contributed by atoms with Gasteiger partial charge in [-0.15, -0.1) is 0 Å². The summed E-state index contributed by atoms with van der Waals surface area (Å²) in [5.74, 6) is -0.273. The van der Waals surface area contributed by atoms with E-state index in [2.05, 4.69) is 10.5 Å². The van der Waals surface area contributed by atoms with Crippen molar-refractivity contribution in [3.8, 4) is 0 Å². The lowest BCUT2D eigenvalue weighted by Gasteiger charge is -2.13. The molecular formula is C17H17N3O4. The molecule has 0 spiro atoms. The molecule has 24 heavy (non-hydrogen) atoms. The molecule has 2 aromatic rings. The van der Waals surface area contributed by atoms with Crippen molar-refractivity contribution in [2.45, 2.75) is 26.7 Å². The molecule has 1 N–H and O–H groups in total. The zero-order valence-electron chi connectivity index (χ0n) is 13.5. The lowest BCUT2D eigenvalue weighted by atomic mass is 10.1. The van der Waals surface area contributed by atoms with Gasteiger partial charge in [0.15, 0.2) is 5.76 Å². The SMILES string of the molecule is Cc1noc(C)c1NC(=O)CCCN1C(=O)c2ccccc2C1=O. The van der Waals surface area contributed by atoms with Crippen LogP contribution in [0.3, 0.4) is 0 Å². The molecule has 0 radical (unpaired) electrons. The van der Waals surface area contributed by atoms with Crippen LogP contribution < -0.4 is 5.32 Å². The molecule has 0 fully saturated rings. The van der Waals surface area contributed by atoms with E-state index in [9.17, 15) is 14.4 Å². The Balaban J connectivity index is 1.55. The Labute approximate surface area is 138 Å². The van der Waals surface area contributed by atoms with E-state index in [0.29, 0.717) is 34.7 Å². The fourth-order valence-electron chi connectivity index (χ4n) is 2.70. The summed E-state index contributed by atoms with van der Waals surface area (Å²) in [6.07, 6.45) is 0.581. The number of rotatable bonds is 5. The molecule has 2 heterocycles. The van der Waals surface area contributed by atoms with Crippen LogP contribution in [0, 0.1) is 13.8 Å². The number of amides is 3. The summed E-state index contributed by atoms with van der Waals surface area (Å²) in [4.78, 5) is 37.6. The largest absolute Gasteiger partial charge is 0.359 e. The van der Waals surface area contributed by atoms with Crippen molar-refractivity contribution in [2.24, 2.45) is 0 Å². The Kier molecular flexibility index (Phi) is 4.16. The van der Waals surface area contributed by atoms with Gasteiger partial charge in [-0.25, -0.2) is 0 Å². The van der Waals surface area contributed by atoms with Gasteiger partial charge in [0.2, 0.25) is 5.91 Å². The summed E-state index contributed by atoms with van der Waals surface area (Å²) < 4.78 is 4.98. The van der Waals surface area contributed by atoms with Gasteiger partial charge in [0.05, 0.1) is 11.1 Å². The maximum atomic E-state index is 12.2. The van der Waals surface area contributed by atoms with Gasteiger partial charge in [0.25, 0.3) is 11.8 Å². The van der Waals surface area contributed by atoms with Crippen molar-refractivity contribution in [1.82, 2.24) is 10.1 Å². The molecular weight excluding hydrogens is 310 g/mol. The Morgan fingerprint density at radius 2 is 1.79 bits per heavy atom. The summed E-state index contributed by atoms with van der Waals surface area (Å²) in [6, 6.07) is 6.73. The van der Waals surface area contributed by atoms with Crippen LogP contribution >= 0.6 is 0 Å². The molecule has 0 unspecified atom stereocenters. The molecule has 0 saturated carbocycles. The van der Waals surface area contributed by atoms with Crippen molar-refractivity contribution in [3.63, 3.8) is 0 Å². The Bertz CT molecular complexity index is 770. The van der Waals surface area contributed by atoms with E-state index >= 15 is 0 Å². The average Bonchev–Trinajstić information content (AvgIpc) is 3.01. The number of aryl methyl sites for hydroxylation is 2. The predicted molar refractivity (Wildman–Crippen MR) is 85.6 cm³/mol. The first kappa shape index (κ1) is 15.9. The number of imide groups is 1. The fourth-order valence-corrected chi connectivity index (χ4v) is 2.70. The molecule has 0 atom stereocenters. The van der Waals surface area contributed by atoms with Crippen LogP contribution in [0.1, 0.15) is 45.0 Å². The molecule has 3 amide bonds. The van der Waals surface area contributed by atoms with Crippen LogP contribution in [0.5, 0.6) is 0 Å². The van der Waals surface area contributed by atoms with Crippen LogP contribution in [0.25, 0.3) is 0 Å². The molecule has 1 aromatic carbocycles. The van der Waals surface area contributed by atoms with E-state index in [-0.39, 0.29) is 30.7 Å². The number of nitrogens with zero attached hydrogens (tertiary/aromatic N) is 2. The van der Waals surface area contributed by atoms with Crippen LogP contribution in [-0.4, -0.2) is 34.3 Å². The van der Waals surface area contributed by atoms with Gasteiger partial charge < -0.3 is 9.84 Å². The highest BCUT2D eigenvalue weighted by atomic mass is 16.5. The van der Waals surface area contributed by atoms with Gasteiger partial charge in [0, 0.05) is 13.0 Å². The van der Waals surface area contributed by atoms with Crippen molar-refractivity contribution < 1.29 is 18.9 Å². The second-order valence-electron chi connectivity index (χ2n) is 5.66. The molecule has 0 aliphatic carbocycles. The smallest absolute Gasteiger partial charge is 0.261 e. The van der Waals surface area contributed by atoms with E-state index in [1.807, 2.05) is 0 Å². The molecule has 1 aromatic heterocycles. The van der Waals surface area contributed by atoms with Gasteiger partial charge in [-0.2, -0.15) is 0 Å². The second-order valence-corrected chi connectivity index (χ2v) is 5.66. The minimum atomic E-state index is -0.304. The van der Waals surface area contributed by atoms with E-state index in [0.717, 1.165) is 0 Å². The number of carbonyl (C=O) groups excluding carboxylic acids is 3. The number of anilines is 1. The van der Waals surface area contributed by atoms with Gasteiger partial charge in [0.1, 0.15) is 11.4 Å². The fraction of sp³-hybridized carbons (Fsp3) is 0.294. The topological polar surface area (TPSA) is 92.5 Å². The first-order valence-electron chi connectivity index (χ1n) is 7.67. The van der Waals surface area contributed by atoms with Crippen molar-refractivity contribution in [2.75, 3.05) is 11.9 Å². The normalized spacial score (nSPS) is 13.3. The predicted octanol–water partition coefficient (Wildman–Crippen LogP) is 2.31. The summed E-state index contributed by atoms with van der Waals surface area (Å²) >= 11 is 0. The number of hydrogen-bond acceptors (Lipinski definition) is 5. The molecule has 1 aliphatic heterocycles. The highest BCUT2D eigenvalue weighted by Crippen LogP contribution is 2.23. The second kappa shape index (κ2) is 6.27. The number of hydrogen-bond donors (Lipinski definition) is 1. The molecule has 7 nitrogen and oxygen atoms in total. The van der Waals surface area contributed by atoms with Gasteiger partial charge in [-0.05, 0) is 32.4 Å². The lowest BCUT2D eigenvalue weighted by molar-refractivity contribution is -0.116. The zero-order chi connectivity index (χ0) is 17.3. The maximum absolute atomic E-state index is 12.2. The van der Waals surface area contributed by atoms with E-state index in [4.69, 9.17) is 4.52 Å². The highest BCUT2D eigenvalue weighted by molar-refractivity contribution is 6.21. The number of fused-ring (bicyclic) bond motifs is 1. The maximum Gasteiger partial charge on any atom is 0.261 e. The van der Waals surface area contributed by atoms with Crippen molar-refractivity contribution >= 4 is 23.4 Å². The molecule has 0 saturated heterocycles. The molecule has 7 heteroatoms. The minimum absolute atomic E-state index is 0.192. The third kappa shape index (κ3) is 2.80. The zero-order valence-corrected chi connectivity index (χ0v) is 13.5. The van der Waals surface area contributed by atoms with E-state index < -0.39 is 0 Å². The monoisotopic (exact) mass is 327 g/mol. The quantitative estimate of drug-likeness (QED) is 0.851. The first-order chi connectivity index (χ1) is 11.5. The van der Waals surface area contributed by atoms with Gasteiger partial charge >= 0.3 is 0 Å². The number of benzene rings is 1. The minimum Gasteiger partial charge on any atom is -0.359 e. The Hall–Kier alpha value is -2.96. The molecule has 1 aliphatic rings. The number of carbonyl (C=O) groups is 3. The Morgan fingerprint density at radius 1 is 1.17 bits per heavy atom. The number of aromatic nitrogens is 1. The molecule has 124 valence electrons. The first-order valence-corrected chi connectivity index (χ1v) is 7.67. The number of nitrogens with one attached hydrogen (secondary N) is 1. The van der Waals surface area contributed by atoms with Crippen LogP contribution in [0.15, 0.2) is 28.8 Å². The molecule has 0 bridgehead atoms. The summed E-state index contributed by atoms with van der Waals surface area (Å²) in [7, 11) is 0. The summed E-state index contributed by atoms with van der Waals surface area (Å²) in [6.45, 7) is 3.67. The third-order valence-electron chi connectivity index (χ3n) is 3.96. The van der Waals surface area contributed by atoms with Crippen molar-refractivity contribution in [1.29, 1.82) is 0 Å². The van der Waals surface area contributed by atoms with Crippen LogP contribution in [0.4, 0.5) is 5.69 Å². The van der Waals surface area contributed by atoms with Crippen LogP contribution in [-0.2, 0) is 4.79 Å². The third-order valence-corrected chi connectivity index (χ3v) is 3.96. The highest BCUT2D eigenvalue weighted by Gasteiger charge is 2.34. The Morgan fingerprint density at radius 3 is 2.33 bits per heavy atom. The average molecular weight is 327 g/mol. The summed E-state index contributed by atoms with van der Waals surface area (Å²) in [5, 5.41) is 6.51. The molecule has 3 rings (SSSR count). The summed E-state index contributed by atoms with van der Waals surface area (Å²) in [5.41, 5.74) is 2.02. The van der Waals surface area contributed by atoms with Gasteiger partial charge in [-0.1, -0.05) is 17.3 Å². The van der Waals surface area contributed by atoms with E-state index in [1.54, 1.807) is 38.1 Å².